The molecule has 0 atom stereocenters. The van der Waals surface area contributed by atoms with E-state index < -0.39 is 21.9 Å². The van der Waals surface area contributed by atoms with Crippen LogP contribution in [-0.4, -0.2) is 30.4 Å². The molecule has 11 heteroatoms. The SMILES string of the molecule is O=C(O)c1ccc(S(=O)(=O)Nc2nccs2)cc1C([O-])=Nc1ccccc1.[Na+]. The van der Waals surface area contributed by atoms with Crippen molar-refractivity contribution in [3.05, 3.63) is 71.2 Å². The first kappa shape index (κ1) is 22.1. The minimum Gasteiger partial charge on any atom is -0.858 e. The fourth-order valence-electron chi connectivity index (χ4n) is 2.18. The van der Waals surface area contributed by atoms with E-state index in [1.54, 1.807) is 35.7 Å². The fourth-order valence-corrected chi connectivity index (χ4v) is 4.00. The maximum absolute atomic E-state index is 12.5. The summed E-state index contributed by atoms with van der Waals surface area (Å²) < 4.78 is 27.2. The molecule has 0 saturated heterocycles. The van der Waals surface area contributed by atoms with Crippen molar-refractivity contribution >= 4 is 44.0 Å². The van der Waals surface area contributed by atoms with E-state index in [1.165, 1.54) is 6.20 Å². The zero-order valence-corrected chi connectivity index (χ0v) is 18.2. The molecule has 28 heavy (non-hydrogen) atoms. The number of sulfonamides is 1. The maximum Gasteiger partial charge on any atom is 1.00 e. The second-order valence-electron chi connectivity index (χ2n) is 5.21. The van der Waals surface area contributed by atoms with E-state index in [2.05, 4.69) is 14.7 Å². The molecule has 0 radical (unpaired) electrons. The van der Waals surface area contributed by atoms with Gasteiger partial charge in [0.05, 0.1) is 16.1 Å². The van der Waals surface area contributed by atoms with Crippen molar-refractivity contribution in [1.82, 2.24) is 4.98 Å². The van der Waals surface area contributed by atoms with Crippen LogP contribution in [0.25, 0.3) is 0 Å². The Morgan fingerprint density at radius 2 is 1.86 bits per heavy atom. The summed E-state index contributed by atoms with van der Waals surface area (Å²) in [6.07, 6.45) is 1.43. The number of carboxylic acids is 1. The van der Waals surface area contributed by atoms with Gasteiger partial charge in [0.25, 0.3) is 10.0 Å². The Kier molecular flexibility index (Phi) is 7.33. The predicted molar refractivity (Wildman–Crippen MR) is 99.0 cm³/mol. The van der Waals surface area contributed by atoms with E-state index in [4.69, 9.17) is 0 Å². The van der Waals surface area contributed by atoms with Crippen LogP contribution >= 0.6 is 11.3 Å². The fraction of sp³-hybridized carbons (Fsp3) is 0. The van der Waals surface area contributed by atoms with Gasteiger partial charge >= 0.3 is 35.5 Å². The molecule has 138 valence electrons. The van der Waals surface area contributed by atoms with Gasteiger partial charge in [-0.25, -0.2) is 18.2 Å². The number of nitrogens with one attached hydrogen (secondary N) is 1. The molecular formula is C17H12N3NaO5S2. The van der Waals surface area contributed by atoms with E-state index >= 15 is 0 Å². The molecular weight excluding hydrogens is 413 g/mol. The molecule has 0 unspecified atom stereocenters. The Morgan fingerprint density at radius 1 is 1.14 bits per heavy atom. The molecule has 3 rings (SSSR count). The Balaban J connectivity index is 0.00000280. The van der Waals surface area contributed by atoms with Gasteiger partial charge < -0.3 is 10.2 Å². The van der Waals surface area contributed by atoms with Crippen LogP contribution in [-0.2, 0) is 10.0 Å². The van der Waals surface area contributed by atoms with Crippen LogP contribution in [0.15, 0.2) is 70.0 Å². The van der Waals surface area contributed by atoms with E-state index in [0.717, 1.165) is 29.5 Å². The van der Waals surface area contributed by atoms with Gasteiger partial charge in [0.15, 0.2) is 5.13 Å². The first-order valence-corrected chi connectivity index (χ1v) is 9.84. The molecule has 0 aliphatic rings. The van der Waals surface area contributed by atoms with Gasteiger partial charge in [0, 0.05) is 17.1 Å². The van der Waals surface area contributed by atoms with Gasteiger partial charge in [0.1, 0.15) is 0 Å². The Bertz CT molecular complexity index is 1100. The minimum absolute atomic E-state index is 0. The molecule has 2 N–H and O–H groups in total. The number of nitrogens with zero attached hydrogens (tertiary/aromatic N) is 2. The number of aromatic carboxylic acids is 1. The number of aromatic nitrogens is 1. The van der Waals surface area contributed by atoms with Gasteiger partial charge in [-0.05, 0) is 36.2 Å². The first-order valence-electron chi connectivity index (χ1n) is 7.47. The Hall–Kier alpha value is -2.24. The summed E-state index contributed by atoms with van der Waals surface area (Å²) in [7, 11) is -4.04. The van der Waals surface area contributed by atoms with Gasteiger partial charge in [-0.15, -0.1) is 11.3 Å². The van der Waals surface area contributed by atoms with Crippen LogP contribution in [0, 0.1) is 0 Å². The van der Waals surface area contributed by atoms with Gasteiger partial charge in [0.2, 0.25) is 0 Å². The van der Waals surface area contributed by atoms with E-state index in [0.29, 0.717) is 5.69 Å². The smallest absolute Gasteiger partial charge is 0.858 e. The van der Waals surface area contributed by atoms with Crippen molar-refractivity contribution < 1.29 is 53.0 Å². The van der Waals surface area contributed by atoms with Crippen molar-refractivity contribution in [1.29, 1.82) is 0 Å². The summed E-state index contributed by atoms with van der Waals surface area (Å²) in [5.41, 5.74) is -0.339. The van der Waals surface area contributed by atoms with E-state index in [-0.39, 0.29) is 50.7 Å². The molecule has 2 aromatic carbocycles. The van der Waals surface area contributed by atoms with Crippen molar-refractivity contribution in [2.75, 3.05) is 4.72 Å². The zero-order valence-electron chi connectivity index (χ0n) is 14.6. The van der Waals surface area contributed by atoms with Crippen molar-refractivity contribution in [2.45, 2.75) is 4.90 Å². The van der Waals surface area contributed by atoms with E-state index in [1.807, 2.05) is 0 Å². The third kappa shape index (κ3) is 5.18. The summed E-state index contributed by atoms with van der Waals surface area (Å²) in [6, 6.07) is 11.4. The largest absolute Gasteiger partial charge is 1.00 e. The number of hydrogen-bond donors (Lipinski definition) is 2. The van der Waals surface area contributed by atoms with Crippen molar-refractivity contribution in [3.63, 3.8) is 0 Å². The Labute approximate surface area is 187 Å². The molecule has 1 aromatic heterocycles. The number of thiazole rings is 1. The second-order valence-corrected chi connectivity index (χ2v) is 7.78. The molecule has 0 saturated carbocycles. The number of hydrogen-bond acceptors (Lipinski definition) is 7. The quantitative estimate of drug-likeness (QED) is 0.298. The summed E-state index contributed by atoms with van der Waals surface area (Å²) in [5.74, 6) is -2.22. The zero-order chi connectivity index (χ0) is 19.4. The topological polar surface area (TPSA) is 132 Å². The normalized spacial score (nSPS) is 11.5. The standard InChI is InChI=1S/C17H13N3O5S2.Na/c21-15(19-11-4-2-1-3-5-11)14-10-12(6-7-13(14)16(22)23)27(24,25)20-17-18-8-9-26-17;/h1-10H,(H,18,20)(H,19,21)(H,22,23);/q;+1/p-1. The third-order valence-electron chi connectivity index (χ3n) is 3.40. The number of aliphatic imine (C=N–C) groups is 1. The van der Waals surface area contributed by atoms with E-state index in [9.17, 15) is 23.4 Å². The molecule has 0 fully saturated rings. The van der Waals surface area contributed by atoms with Crippen LogP contribution in [0.2, 0.25) is 0 Å². The first-order chi connectivity index (χ1) is 12.9. The summed E-state index contributed by atoms with van der Waals surface area (Å²) in [6.45, 7) is 0. The number of para-hydroxylation sites is 1. The monoisotopic (exact) mass is 425 g/mol. The molecule has 0 aliphatic carbocycles. The molecule has 1 heterocycles. The molecule has 0 aliphatic heterocycles. The Morgan fingerprint density at radius 3 is 2.46 bits per heavy atom. The molecule has 0 amide bonds. The number of carboxylic acid groups (broad SMARTS) is 1. The number of carbonyl (C=O) groups is 1. The van der Waals surface area contributed by atoms with Gasteiger partial charge in [-0.2, -0.15) is 0 Å². The molecule has 0 spiro atoms. The van der Waals surface area contributed by atoms with Crippen LogP contribution in [0.5, 0.6) is 0 Å². The molecule has 3 aromatic rings. The minimum atomic E-state index is -4.04. The predicted octanol–water partition coefficient (Wildman–Crippen LogP) is -0.915. The van der Waals surface area contributed by atoms with Crippen LogP contribution in [0.4, 0.5) is 10.8 Å². The second kappa shape index (κ2) is 9.30. The summed E-state index contributed by atoms with van der Waals surface area (Å²) >= 11 is 1.08. The molecule has 0 bridgehead atoms. The average molecular weight is 425 g/mol. The molecule has 8 nitrogen and oxygen atoms in total. The number of benzene rings is 2. The third-order valence-corrected chi connectivity index (χ3v) is 5.56. The van der Waals surface area contributed by atoms with Crippen LogP contribution in [0.1, 0.15) is 15.9 Å². The van der Waals surface area contributed by atoms with Crippen LogP contribution < -0.4 is 39.4 Å². The van der Waals surface area contributed by atoms with Crippen molar-refractivity contribution in [3.8, 4) is 0 Å². The average Bonchev–Trinajstić information content (AvgIpc) is 3.14. The van der Waals surface area contributed by atoms with Crippen LogP contribution in [0.3, 0.4) is 0 Å². The summed E-state index contributed by atoms with van der Waals surface area (Å²) in [4.78, 5) is 18.8. The van der Waals surface area contributed by atoms with Gasteiger partial charge in [-0.3, -0.25) is 9.71 Å². The number of anilines is 1. The maximum atomic E-state index is 12.5. The summed E-state index contributed by atoms with van der Waals surface area (Å²) in [5, 5.41) is 23.5. The number of rotatable bonds is 6. The van der Waals surface area contributed by atoms with Crippen molar-refractivity contribution in [2.24, 2.45) is 4.99 Å². The van der Waals surface area contributed by atoms with Gasteiger partial charge in [-0.1, -0.05) is 18.2 Å².